The number of ketones is 1. The van der Waals surface area contributed by atoms with Crippen LogP contribution in [0, 0.1) is 5.92 Å². The molecule has 2 saturated heterocycles. The van der Waals surface area contributed by atoms with Crippen molar-refractivity contribution in [2.45, 2.75) is 45.7 Å². The van der Waals surface area contributed by atoms with E-state index < -0.39 is 12.1 Å². The number of nitrogens with one attached hydrogen (secondary N) is 1. The first kappa shape index (κ1) is 29.3. The van der Waals surface area contributed by atoms with E-state index in [4.69, 9.17) is 4.74 Å². The third-order valence-electron chi connectivity index (χ3n) is 7.51. The van der Waals surface area contributed by atoms with Gasteiger partial charge in [-0.05, 0) is 62.1 Å². The molecule has 2 heterocycles. The van der Waals surface area contributed by atoms with Crippen LogP contribution < -0.4 is 10.2 Å². The van der Waals surface area contributed by atoms with Gasteiger partial charge >= 0.3 is 0 Å². The highest BCUT2D eigenvalue weighted by Crippen LogP contribution is 2.19. The summed E-state index contributed by atoms with van der Waals surface area (Å²) in [5, 5.41) is 2.94. The van der Waals surface area contributed by atoms with Crippen molar-refractivity contribution in [3.05, 3.63) is 65.7 Å². The van der Waals surface area contributed by atoms with Gasteiger partial charge in [-0.15, -0.1) is 0 Å². The lowest BCUT2D eigenvalue weighted by molar-refractivity contribution is -0.142. The fourth-order valence-corrected chi connectivity index (χ4v) is 5.22. The predicted octanol–water partition coefficient (Wildman–Crippen LogP) is 3.00. The molecule has 2 aliphatic rings. The van der Waals surface area contributed by atoms with Crippen LogP contribution in [0.3, 0.4) is 0 Å². The molecule has 2 aliphatic heterocycles. The van der Waals surface area contributed by atoms with Crippen molar-refractivity contribution < 1.29 is 23.9 Å². The van der Waals surface area contributed by atoms with Gasteiger partial charge in [0.15, 0.2) is 5.78 Å². The molecule has 0 spiro atoms. The molecule has 9 heteroatoms. The van der Waals surface area contributed by atoms with E-state index in [0.29, 0.717) is 50.3 Å². The number of ether oxygens (including phenoxy) is 1. The molecule has 3 amide bonds. The average Bonchev–Trinajstić information content (AvgIpc) is 2.97. The van der Waals surface area contributed by atoms with Crippen LogP contribution in [0.15, 0.2) is 54.6 Å². The lowest BCUT2D eigenvalue weighted by Gasteiger charge is -2.36. The molecule has 2 aromatic carbocycles. The highest BCUT2D eigenvalue weighted by molar-refractivity contribution is 6.00. The molecule has 9 nitrogen and oxygen atoms in total. The Morgan fingerprint density at radius 1 is 0.925 bits per heavy atom. The Hall–Kier alpha value is -3.72. The van der Waals surface area contributed by atoms with Crippen molar-refractivity contribution in [2.24, 2.45) is 5.92 Å². The van der Waals surface area contributed by atoms with Crippen LogP contribution in [-0.4, -0.2) is 91.3 Å². The fraction of sp³-hybridized carbons (Fsp3) is 0.484. The Bertz CT molecular complexity index is 1180. The van der Waals surface area contributed by atoms with Crippen LogP contribution in [0.5, 0.6) is 0 Å². The maximum absolute atomic E-state index is 13.8. The van der Waals surface area contributed by atoms with E-state index in [9.17, 15) is 19.2 Å². The first-order valence-electron chi connectivity index (χ1n) is 14.2. The van der Waals surface area contributed by atoms with Gasteiger partial charge in [0.05, 0.1) is 25.8 Å². The molecule has 0 aromatic heterocycles. The monoisotopic (exact) mass is 548 g/mol. The van der Waals surface area contributed by atoms with Crippen LogP contribution in [0.1, 0.15) is 54.3 Å². The summed E-state index contributed by atoms with van der Waals surface area (Å²) in [4.78, 5) is 58.5. The Morgan fingerprint density at radius 2 is 1.60 bits per heavy atom. The molecule has 2 fully saturated rings. The largest absolute Gasteiger partial charge is 0.378 e. The number of hydrogen-bond acceptors (Lipinski definition) is 6. The van der Waals surface area contributed by atoms with Gasteiger partial charge in [-0.1, -0.05) is 32.0 Å². The molecule has 0 saturated carbocycles. The Labute approximate surface area is 236 Å². The molecule has 4 rings (SSSR count). The van der Waals surface area contributed by atoms with Crippen LogP contribution in [0.4, 0.5) is 5.69 Å². The highest BCUT2D eigenvalue weighted by Gasteiger charge is 2.35. The number of carbonyl (C=O) groups excluding carboxylic acids is 4. The van der Waals surface area contributed by atoms with E-state index in [2.05, 4.69) is 10.2 Å². The lowest BCUT2D eigenvalue weighted by atomic mass is 10.00. The maximum Gasteiger partial charge on any atom is 0.254 e. The normalized spacial score (nSPS) is 19.1. The minimum absolute atomic E-state index is 0.0601. The second kappa shape index (κ2) is 13.6. The van der Waals surface area contributed by atoms with E-state index in [1.54, 1.807) is 53.1 Å². The van der Waals surface area contributed by atoms with E-state index in [1.807, 2.05) is 32.0 Å². The van der Waals surface area contributed by atoms with Crippen molar-refractivity contribution >= 4 is 29.2 Å². The second-order valence-corrected chi connectivity index (χ2v) is 10.9. The molecule has 1 N–H and O–H groups in total. The molecule has 0 aliphatic carbocycles. The quantitative estimate of drug-likeness (QED) is 0.571. The van der Waals surface area contributed by atoms with Gasteiger partial charge in [0.1, 0.15) is 6.04 Å². The number of morpholine rings is 1. The van der Waals surface area contributed by atoms with E-state index in [-0.39, 0.29) is 36.0 Å². The fourth-order valence-electron chi connectivity index (χ4n) is 5.22. The van der Waals surface area contributed by atoms with Gasteiger partial charge in [0.25, 0.3) is 11.8 Å². The third kappa shape index (κ3) is 7.27. The zero-order valence-corrected chi connectivity index (χ0v) is 23.7. The van der Waals surface area contributed by atoms with Crippen molar-refractivity contribution in [3.8, 4) is 0 Å². The number of benzene rings is 2. The number of hydrogen-bond donors (Lipinski definition) is 1. The highest BCUT2D eigenvalue weighted by atomic mass is 16.5. The van der Waals surface area contributed by atoms with Crippen LogP contribution in [-0.2, 0) is 14.3 Å². The molecule has 2 atom stereocenters. The van der Waals surface area contributed by atoms with Gasteiger partial charge in [-0.2, -0.15) is 0 Å². The summed E-state index contributed by atoms with van der Waals surface area (Å²) in [7, 11) is 0. The van der Waals surface area contributed by atoms with E-state index in [1.165, 1.54) is 0 Å². The van der Waals surface area contributed by atoms with Crippen LogP contribution in [0.2, 0.25) is 0 Å². The minimum Gasteiger partial charge on any atom is -0.378 e. The van der Waals surface area contributed by atoms with Crippen LogP contribution in [0.25, 0.3) is 0 Å². The Morgan fingerprint density at radius 3 is 2.25 bits per heavy atom. The predicted molar refractivity (Wildman–Crippen MR) is 153 cm³/mol. The lowest BCUT2D eigenvalue weighted by Crippen LogP contribution is -2.56. The summed E-state index contributed by atoms with van der Waals surface area (Å²) in [5.74, 6) is -0.831. The zero-order valence-electron chi connectivity index (χ0n) is 23.7. The number of anilines is 1. The first-order chi connectivity index (χ1) is 19.2. The van der Waals surface area contributed by atoms with Gasteiger partial charge in [0.2, 0.25) is 5.91 Å². The minimum atomic E-state index is -0.761. The number of Topliss-reactive ketones (excluding diaryl/α,β-unsaturated/α-hetero) is 1. The first-order valence-corrected chi connectivity index (χ1v) is 14.2. The van der Waals surface area contributed by atoms with Gasteiger partial charge in [-0.3, -0.25) is 19.2 Å². The van der Waals surface area contributed by atoms with Crippen molar-refractivity contribution in [3.63, 3.8) is 0 Å². The number of rotatable bonds is 7. The summed E-state index contributed by atoms with van der Waals surface area (Å²) >= 11 is 0. The smallest absolute Gasteiger partial charge is 0.254 e. The molecule has 1 unspecified atom stereocenters. The molecule has 2 aromatic rings. The summed E-state index contributed by atoms with van der Waals surface area (Å²) in [6, 6.07) is 14.8. The zero-order chi connectivity index (χ0) is 28.6. The molecular weight excluding hydrogens is 508 g/mol. The second-order valence-electron chi connectivity index (χ2n) is 10.9. The van der Waals surface area contributed by atoms with Crippen LogP contribution >= 0.6 is 0 Å². The number of nitrogens with zero attached hydrogens (tertiary/aromatic N) is 3. The third-order valence-corrected chi connectivity index (χ3v) is 7.51. The summed E-state index contributed by atoms with van der Waals surface area (Å²) in [6.45, 7) is 9.31. The van der Waals surface area contributed by atoms with Gasteiger partial charge in [-0.25, -0.2) is 0 Å². The standard InChI is InChI=1S/C31H40N4O5/c1-22(2)20-27(32-29(37)24-10-12-26(13-11-24)33-16-18-40-19-17-33)31(39)35-15-7-14-34(21-28(36)23(35)3)30(38)25-8-5-4-6-9-25/h4-6,8-13,22-23,27H,7,14-21H2,1-3H3,(H,32,37)/t23?,27-/m0/s1. The molecule has 0 radical (unpaired) electrons. The van der Waals surface area contributed by atoms with Crippen molar-refractivity contribution in [2.75, 3.05) is 50.8 Å². The molecule has 0 bridgehead atoms. The number of amides is 3. The van der Waals surface area contributed by atoms with E-state index >= 15 is 0 Å². The molecular formula is C31H40N4O5. The Balaban J connectivity index is 1.43. The van der Waals surface area contributed by atoms with E-state index in [0.717, 1.165) is 18.8 Å². The molecule has 214 valence electrons. The summed E-state index contributed by atoms with van der Waals surface area (Å²) < 4.78 is 5.41. The van der Waals surface area contributed by atoms with Gasteiger partial charge in [0, 0.05) is 43.0 Å². The molecule has 40 heavy (non-hydrogen) atoms. The Kier molecular flexibility index (Phi) is 9.93. The number of carbonyl (C=O) groups is 4. The average molecular weight is 549 g/mol. The SMILES string of the molecule is CC(C)C[C@H](NC(=O)c1ccc(N2CCOCC2)cc1)C(=O)N1CCCN(C(=O)c2ccccc2)CC(=O)C1C. The van der Waals surface area contributed by atoms with Gasteiger partial charge < -0.3 is 24.8 Å². The topological polar surface area (TPSA) is 99.3 Å². The summed E-state index contributed by atoms with van der Waals surface area (Å²) in [6.07, 6.45) is 0.986. The van der Waals surface area contributed by atoms with Crippen molar-refractivity contribution in [1.82, 2.24) is 15.1 Å². The summed E-state index contributed by atoms with van der Waals surface area (Å²) in [5.41, 5.74) is 2.04. The maximum atomic E-state index is 13.8. The van der Waals surface area contributed by atoms with Crippen molar-refractivity contribution in [1.29, 1.82) is 0 Å².